The Kier molecular flexibility index (Phi) is 10.0. The van der Waals surface area contributed by atoms with Crippen LogP contribution in [-0.2, 0) is 25.7 Å². The number of benzene rings is 1. The Labute approximate surface area is 246 Å². The van der Waals surface area contributed by atoms with Crippen molar-refractivity contribution in [2.45, 2.75) is 94.5 Å². The van der Waals surface area contributed by atoms with Crippen molar-refractivity contribution in [1.29, 1.82) is 0 Å². The molecule has 0 radical (unpaired) electrons. The number of fused-ring (bicyclic) bond motifs is 1. The summed E-state index contributed by atoms with van der Waals surface area (Å²) in [6.07, 6.45) is 9.29. The van der Waals surface area contributed by atoms with Gasteiger partial charge in [-0.15, -0.1) is 23.2 Å². The number of halogens is 2. The van der Waals surface area contributed by atoms with Crippen LogP contribution in [0.3, 0.4) is 0 Å². The highest BCUT2D eigenvalue weighted by Gasteiger charge is 2.47. The number of anilines is 1. The summed E-state index contributed by atoms with van der Waals surface area (Å²) in [5.41, 5.74) is 1.32. The molecule has 1 amide bonds. The minimum atomic E-state index is -1.11. The fourth-order valence-electron chi connectivity index (χ4n) is 7.72. The summed E-state index contributed by atoms with van der Waals surface area (Å²) < 4.78 is 5.81. The van der Waals surface area contributed by atoms with Crippen LogP contribution in [0.15, 0.2) is 24.3 Å². The fraction of sp³-hybridized carbons (Fsp3) is 0.733. The number of nitrogens with one attached hydrogen (secondary N) is 1. The van der Waals surface area contributed by atoms with Crippen LogP contribution in [0, 0.1) is 17.8 Å². The summed E-state index contributed by atoms with van der Waals surface area (Å²) in [6.45, 7) is 1.33. The van der Waals surface area contributed by atoms with E-state index < -0.39 is 23.7 Å². The molecule has 2 N–H and O–H groups in total. The largest absolute Gasteiger partial charge is 0.480 e. The highest BCUT2D eigenvalue weighted by molar-refractivity contribution is 6.18. The predicted molar refractivity (Wildman–Crippen MR) is 154 cm³/mol. The van der Waals surface area contributed by atoms with E-state index in [1.165, 1.54) is 19.3 Å². The second-order valence-electron chi connectivity index (χ2n) is 12.4. The van der Waals surface area contributed by atoms with Crippen molar-refractivity contribution in [3.63, 3.8) is 0 Å². The van der Waals surface area contributed by atoms with E-state index in [4.69, 9.17) is 37.7 Å². The number of alkyl halides is 2. The summed E-state index contributed by atoms with van der Waals surface area (Å²) in [5, 5.41) is 12.4. The fourth-order valence-corrected chi connectivity index (χ4v) is 8.12. The Balaban J connectivity index is 1.17. The quantitative estimate of drug-likeness (QED) is 0.255. The number of hydrogen-bond donors (Lipinski definition) is 2. The molecule has 0 aromatic heterocycles. The number of carboxylic acids is 1. The monoisotopic (exact) mass is 596 g/mol. The maximum absolute atomic E-state index is 12.9. The molecule has 1 aromatic carbocycles. The van der Waals surface area contributed by atoms with Crippen LogP contribution < -0.4 is 10.2 Å². The number of hydrogen-bond acceptors (Lipinski definition) is 6. The van der Waals surface area contributed by atoms with Crippen LogP contribution in [0.5, 0.6) is 0 Å². The van der Waals surface area contributed by atoms with Crippen molar-refractivity contribution in [3.05, 3.63) is 29.8 Å². The van der Waals surface area contributed by atoms with Crippen LogP contribution in [0.25, 0.3) is 0 Å². The van der Waals surface area contributed by atoms with Crippen molar-refractivity contribution >= 4 is 41.0 Å². The Morgan fingerprint density at radius 1 is 1.02 bits per heavy atom. The normalized spacial score (nSPS) is 32.1. The Morgan fingerprint density at radius 3 is 2.35 bits per heavy atom. The van der Waals surface area contributed by atoms with Crippen LogP contribution >= 0.6 is 23.2 Å². The Bertz CT molecular complexity index is 992. The summed E-state index contributed by atoms with van der Waals surface area (Å²) in [4.78, 5) is 39.2. The number of ether oxygens (including phenoxy) is 1. The highest BCUT2D eigenvalue weighted by Crippen LogP contribution is 2.50. The first kappa shape index (κ1) is 29.7. The second kappa shape index (κ2) is 13.5. The number of rotatable bonds is 10. The van der Waals surface area contributed by atoms with Gasteiger partial charge in [0.15, 0.2) is 0 Å². The number of alkyl carbamates (subject to hydrolysis) is 1. The van der Waals surface area contributed by atoms with Gasteiger partial charge in [-0.3, -0.25) is 0 Å². The van der Waals surface area contributed by atoms with Crippen LogP contribution in [0.2, 0.25) is 0 Å². The van der Waals surface area contributed by atoms with Gasteiger partial charge in [0.25, 0.3) is 0 Å². The standard InChI is InChI=1S/C30H42Cl2N2O6/c31-8-10-34(11-9-32)24-5-3-20(4-6-24)17-27(28(35)36)33-29(37)38-25-2-1-7-30(19-25)18-23-13-21-12-22(14-23)16-26(15-21)39-40-30/h3-6,21-23,25-27H,1-2,7-19H2,(H,33,37)(H,35,36)/t21?,22?,23?,25?,26?,27-,30-/m0/s1. The Hall–Kier alpha value is -1.74. The number of amides is 1. The first-order valence-electron chi connectivity index (χ1n) is 14.8. The predicted octanol–water partition coefficient (Wildman–Crippen LogP) is 5.92. The molecule has 222 valence electrons. The Morgan fingerprint density at radius 2 is 1.70 bits per heavy atom. The van der Waals surface area contributed by atoms with Gasteiger partial charge in [-0.05, 0) is 93.2 Å². The molecule has 40 heavy (non-hydrogen) atoms. The molecular formula is C30H42Cl2N2O6. The summed E-state index contributed by atoms with van der Waals surface area (Å²) in [7, 11) is 0. The molecule has 4 bridgehead atoms. The minimum Gasteiger partial charge on any atom is -0.480 e. The molecular weight excluding hydrogens is 555 g/mol. The molecule has 5 fully saturated rings. The van der Waals surface area contributed by atoms with Gasteiger partial charge in [-0.2, -0.15) is 0 Å². The molecule has 2 aliphatic heterocycles. The molecule has 1 spiro atoms. The average Bonchev–Trinajstić information content (AvgIpc) is 2.98. The molecule has 1 aromatic rings. The SMILES string of the molecule is O=C(N[C@@H](Cc1ccc(N(CCCl)CCCl)cc1)C(=O)O)OC1CCC[C@]2(CC3CC4CC(C3)CC(C4)OO2)C1. The number of aliphatic carboxylic acids is 1. The third kappa shape index (κ3) is 7.55. The van der Waals surface area contributed by atoms with E-state index in [9.17, 15) is 14.7 Å². The molecule has 2 heterocycles. The zero-order valence-corrected chi connectivity index (χ0v) is 24.6. The van der Waals surface area contributed by atoms with E-state index in [-0.39, 0.29) is 18.6 Å². The minimum absolute atomic E-state index is 0.146. The lowest BCUT2D eigenvalue weighted by atomic mass is 9.64. The maximum atomic E-state index is 12.9. The molecule has 2 saturated heterocycles. The molecule has 5 atom stereocenters. The summed E-state index contributed by atoms with van der Waals surface area (Å²) >= 11 is 11.8. The van der Waals surface area contributed by atoms with E-state index in [1.807, 2.05) is 24.3 Å². The molecule has 3 saturated carbocycles. The third-order valence-corrected chi connectivity index (χ3v) is 9.62. The van der Waals surface area contributed by atoms with Gasteiger partial charge in [0.2, 0.25) is 0 Å². The van der Waals surface area contributed by atoms with Crippen molar-refractivity contribution in [2.24, 2.45) is 17.8 Å². The van der Waals surface area contributed by atoms with E-state index in [2.05, 4.69) is 10.2 Å². The van der Waals surface area contributed by atoms with Gasteiger partial charge in [0, 0.05) is 43.4 Å². The first-order valence-corrected chi connectivity index (χ1v) is 15.9. The smallest absolute Gasteiger partial charge is 0.408 e. The van der Waals surface area contributed by atoms with E-state index in [0.717, 1.165) is 61.6 Å². The zero-order chi connectivity index (χ0) is 28.1. The second-order valence-corrected chi connectivity index (χ2v) is 13.1. The van der Waals surface area contributed by atoms with Crippen molar-refractivity contribution in [2.75, 3.05) is 29.7 Å². The van der Waals surface area contributed by atoms with Gasteiger partial charge in [-0.1, -0.05) is 12.1 Å². The number of carboxylic acid groups (broad SMARTS) is 1. The summed E-state index contributed by atoms with van der Waals surface area (Å²) in [5.74, 6) is 1.96. The molecule has 8 nitrogen and oxygen atoms in total. The van der Waals surface area contributed by atoms with Gasteiger partial charge < -0.3 is 20.1 Å². The average molecular weight is 598 g/mol. The van der Waals surface area contributed by atoms with Crippen molar-refractivity contribution in [3.8, 4) is 0 Å². The molecule has 6 rings (SSSR count). The van der Waals surface area contributed by atoms with Crippen molar-refractivity contribution in [1.82, 2.24) is 5.32 Å². The lowest BCUT2D eigenvalue weighted by Crippen LogP contribution is -2.47. The molecule has 3 aliphatic carbocycles. The molecule has 10 heteroatoms. The third-order valence-electron chi connectivity index (χ3n) is 9.29. The van der Waals surface area contributed by atoms with Gasteiger partial charge in [0.05, 0.1) is 6.10 Å². The van der Waals surface area contributed by atoms with Gasteiger partial charge >= 0.3 is 12.1 Å². The van der Waals surface area contributed by atoms with E-state index in [0.29, 0.717) is 37.2 Å². The van der Waals surface area contributed by atoms with Gasteiger partial charge in [0.1, 0.15) is 17.7 Å². The maximum Gasteiger partial charge on any atom is 0.408 e. The van der Waals surface area contributed by atoms with E-state index >= 15 is 0 Å². The molecule has 5 aliphatic rings. The topological polar surface area (TPSA) is 97.3 Å². The number of carbonyl (C=O) groups excluding carboxylic acids is 1. The summed E-state index contributed by atoms with van der Waals surface area (Å²) in [6, 6.07) is 6.48. The van der Waals surface area contributed by atoms with E-state index in [1.54, 1.807) is 0 Å². The van der Waals surface area contributed by atoms with Crippen LogP contribution in [0.4, 0.5) is 10.5 Å². The number of nitrogens with zero attached hydrogens (tertiary/aromatic N) is 1. The first-order chi connectivity index (χ1) is 19.3. The van der Waals surface area contributed by atoms with Crippen LogP contribution in [0.1, 0.15) is 69.8 Å². The number of carbonyl (C=O) groups is 2. The zero-order valence-electron chi connectivity index (χ0n) is 23.1. The lowest BCUT2D eigenvalue weighted by molar-refractivity contribution is -0.396. The molecule has 3 unspecified atom stereocenters. The van der Waals surface area contributed by atoms with Gasteiger partial charge in [-0.25, -0.2) is 19.4 Å². The van der Waals surface area contributed by atoms with Crippen molar-refractivity contribution < 1.29 is 29.2 Å². The lowest BCUT2D eigenvalue weighted by Gasteiger charge is -2.42. The van der Waals surface area contributed by atoms with Crippen LogP contribution in [-0.4, -0.2) is 65.9 Å². The highest BCUT2D eigenvalue weighted by atomic mass is 35.5.